The summed E-state index contributed by atoms with van der Waals surface area (Å²) in [4.78, 5) is 2.80. The van der Waals surface area contributed by atoms with Gasteiger partial charge in [0.25, 0.3) is 0 Å². The number of azide groups is 1. The molecule has 0 radical (unpaired) electrons. The first-order valence-corrected chi connectivity index (χ1v) is 4.98. The Morgan fingerprint density at radius 1 is 1.50 bits per heavy atom. The van der Waals surface area contributed by atoms with Crippen LogP contribution in [0, 0.1) is 0 Å². The first-order chi connectivity index (χ1) is 6.63. The molecule has 0 aromatic rings. The first-order valence-electron chi connectivity index (χ1n) is 4.98. The summed E-state index contributed by atoms with van der Waals surface area (Å²) in [5.74, 6) is 0. The fourth-order valence-electron chi connectivity index (χ4n) is 1.56. The highest BCUT2D eigenvalue weighted by atomic mass is 16.7. The van der Waals surface area contributed by atoms with Crippen LogP contribution < -0.4 is 0 Å². The second-order valence-electron chi connectivity index (χ2n) is 3.81. The second-order valence-corrected chi connectivity index (χ2v) is 3.81. The quantitative estimate of drug-likeness (QED) is 0.398. The zero-order chi connectivity index (χ0) is 10.6. The normalized spacial score (nSPS) is 32.7. The van der Waals surface area contributed by atoms with Crippen molar-refractivity contribution in [3.63, 3.8) is 0 Å². The summed E-state index contributed by atoms with van der Waals surface area (Å²) in [5, 5.41) is 3.68. The van der Waals surface area contributed by atoms with E-state index in [0.717, 1.165) is 12.8 Å². The lowest BCUT2D eigenvalue weighted by molar-refractivity contribution is -0.208. The first kappa shape index (κ1) is 11.3. The predicted molar refractivity (Wildman–Crippen MR) is 52.7 cm³/mol. The summed E-state index contributed by atoms with van der Waals surface area (Å²) in [5.41, 5.74) is 8.32. The molecule has 1 rings (SSSR count). The summed E-state index contributed by atoms with van der Waals surface area (Å²) in [6.45, 7) is 5.87. The lowest BCUT2D eigenvalue weighted by Gasteiger charge is -2.32. The van der Waals surface area contributed by atoms with Crippen LogP contribution in [0.1, 0.15) is 33.6 Å². The lowest BCUT2D eigenvalue weighted by atomic mass is 10.0. The molecule has 0 aromatic heterocycles. The average molecular weight is 199 g/mol. The van der Waals surface area contributed by atoms with Crippen LogP contribution in [-0.2, 0) is 9.47 Å². The third-order valence-corrected chi connectivity index (χ3v) is 2.23. The number of rotatable bonds is 3. The fraction of sp³-hybridized carbons (Fsp3) is 1.00. The molecule has 0 N–H and O–H groups in total. The van der Waals surface area contributed by atoms with E-state index in [-0.39, 0.29) is 24.5 Å². The Labute approximate surface area is 84.0 Å². The van der Waals surface area contributed by atoms with Gasteiger partial charge in [-0.3, -0.25) is 0 Å². The van der Waals surface area contributed by atoms with Crippen molar-refractivity contribution in [3.8, 4) is 0 Å². The van der Waals surface area contributed by atoms with Crippen LogP contribution in [0.4, 0.5) is 0 Å². The Hall–Kier alpha value is -0.770. The van der Waals surface area contributed by atoms with Gasteiger partial charge < -0.3 is 9.47 Å². The van der Waals surface area contributed by atoms with Crippen LogP contribution in [0.5, 0.6) is 0 Å². The topological polar surface area (TPSA) is 67.2 Å². The van der Waals surface area contributed by atoms with Gasteiger partial charge in [0.1, 0.15) is 0 Å². The number of hydrogen-bond donors (Lipinski definition) is 0. The van der Waals surface area contributed by atoms with E-state index in [1.165, 1.54) is 0 Å². The van der Waals surface area contributed by atoms with Gasteiger partial charge in [-0.2, -0.15) is 0 Å². The largest absolute Gasteiger partial charge is 0.350 e. The van der Waals surface area contributed by atoms with Crippen LogP contribution >= 0.6 is 0 Å². The number of nitrogens with zero attached hydrogens (tertiary/aromatic N) is 3. The summed E-state index contributed by atoms with van der Waals surface area (Å²) in [6, 6.07) is -0.0491. The molecule has 0 amide bonds. The van der Waals surface area contributed by atoms with E-state index >= 15 is 0 Å². The zero-order valence-corrected chi connectivity index (χ0v) is 8.88. The number of hydrogen-bond acceptors (Lipinski definition) is 3. The van der Waals surface area contributed by atoms with Gasteiger partial charge in [-0.15, -0.1) is 0 Å². The smallest absolute Gasteiger partial charge is 0.158 e. The highest BCUT2D eigenvalue weighted by Gasteiger charge is 2.28. The van der Waals surface area contributed by atoms with Gasteiger partial charge in [0.05, 0.1) is 18.2 Å². The Morgan fingerprint density at radius 2 is 2.21 bits per heavy atom. The molecule has 1 heterocycles. The highest BCUT2D eigenvalue weighted by molar-refractivity contribution is 4.79. The van der Waals surface area contributed by atoms with Gasteiger partial charge in [0, 0.05) is 4.91 Å². The maximum atomic E-state index is 8.32. The molecule has 0 saturated carbocycles. The van der Waals surface area contributed by atoms with Gasteiger partial charge in [-0.25, -0.2) is 0 Å². The predicted octanol–water partition coefficient (Wildman–Crippen LogP) is 2.62. The van der Waals surface area contributed by atoms with E-state index in [0.29, 0.717) is 0 Å². The monoisotopic (exact) mass is 199 g/mol. The van der Waals surface area contributed by atoms with Crippen LogP contribution in [0.3, 0.4) is 0 Å². The highest BCUT2D eigenvalue weighted by Crippen LogP contribution is 2.23. The van der Waals surface area contributed by atoms with Crippen molar-refractivity contribution in [3.05, 3.63) is 10.4 Å². The summed E-state index contributed by atoms with van der Waals surface area (Å²) >= 11 is 0. The third-order valence-electron chi connectivity index (χ3n) is 2.23. The summed E-state index contributed by atoms with van der Waals surface area (Å²) in [6.07, 6.45) is 1.61. The molecule has 0 spiro atoms. The maximum absolute atomic E-state index is 8.32. The molecule has 5 nitrogen and oxygen atoms in total. The Bertz CT molecular complexity index is 226. The summed E-state index contributed by atoms with van der Waals surface area (Å²) < 4.78 is 11.1. The molecule has 3 atom stereocenters. The van der Waals surface area contributed by atoms with Crippen molar-refractivity contribution < 1.29 is 9.47 Å². The van der Waals surface area contributed by atoms with Crippen LogP contribution in [0.25, 0.3) is 10.4 Å². The molecule has 1 fully saturated rings. The van der Waals surface area contributed by atoms with Crippen molar-refractivity contribution >= 4 is 0 Å². The molecule has 1 saturated heterocycles. The van der Waals surface area contributed by atoms with Crippen LogP contribution in [0.2, 0.25) is 0 Å². The third kappa shape index (κ3) is 3.18. The average Bonchev–Trinajstić information content (AvgIpc) is 2.09. The SMILES string of the molecule is CC(C)OC1CC[C@H](N=[N+]=[N-])[C@H](C)O1. The summed E-state index contributed by atoms with van der Waals surface area (Å²) in [7, 11) is 0. The van der Waals surface area contributed by atoms with Gasteiger partial charge in [0.2, 0.25) is 0 Å². The lowest BCUT2D eigenvalue weighted by Crippen LogP contribution is -2.37. The van der Waals surface area contributed by atoms with E-state index in [9.17, 15) is 0 Å². The molecular weight excluding hydrogens is 182 g/mol. The zero-order valence-electron chi connectivity index (χ0n) is 8.88. The minimum absolute atomic E-state index is 0.0491. The van der Waals surface area contributed by atoms with Gasteiger partial charge in [-0.1, -0.05) is 5.11 Å². The van der Waals surface area contributed by atoms with Crippen molar-refractivity contribution in [1.29, 1.82) is 0 Å². The molecule has 0 bridgehead atoms. The van der Waals surface area contributed by atoms with E-state index in [1.54, 1.807) is 0 Å². The van der Waals surface area contributed by atoms with Crippen LogP contribution in [0.15, 0.2) is 5.11 Å². The molecule has 1 aliphatic heterocycles. The molecule has 0 aromatic carbocycles. The minimum atomic E-state index is -0.143. The van der Waals surface area contributed by atoms with Gasteiger partial charge in [0.15, 0.2) is 6.29 Å². The van der Waals surface area contributed by atoms with Crippen molar-refractivity contribution in [2.24, 2.45) is 5.11 Å². The fourth-order valence-corrected chi connectivity index (χ4v) is 1.56. The Balaban J connectivity index is 2.42. The van der Waals surface area contributed by atoms with Crippen molar-refractivity contribution in [1.82, 2.24) is 0 Å². The van der Waals surface area contributed by atoms with Crippen molar-refractivity contribution in [2.75, 3.05) is 0 Å². The Kier molecular flexibility index (Phi) is 4.20. The molecular formula is C9H17N3O2. The van der Waals surface area contributed by atoms with Gasteiger partial charge in [-0.05, 0) is 39.1 Å². The van der Waals surface area contributed by atoms with E-state index in [1.807, 2.05) is 20.8 Å². The van der Waals surface area contributed by atoms with Crippen molar-refractivity contribution in [2.45, 2.75) is 58.2 Å². The number of ether oxygens (including phenoxy) is 2. The molecule has 80 valence electrons. The molecule has 0 aliphatic carbocycles. The van der Waals surface area contributed by atoms with E-state index < -0.39 is 0 Å². The Morgan fingerprint density at radius 3 is 2.71 bits per heavy atom. The maximum Gasteiger partial charge on any atom is 0.158 e. The minimum Gasteiger partial charge on any atom is -0.350 e. The van der Waals surface area contributed by atoms with Crippen LogP contribution in [-0.4, -0.2) is 24.5 Å². The van der Waals surface area contributed by atoms with E-state index in [2.05, 4.69) is 10.0 Å². The standard InChI is InChI=1S/C9H17N3O2/c1-6(2)13-9-5-4-8(11-12-10)7(3)14-9/h6-9H,4-5H2,1-3H3/t7-,8-,9?/m0/s1. The second kappa shape index (κ2) is 5.20. The molecule has 1 aliphatic rings. The molecule has 5 heteroatoms. The molecule has 14 heavy (non-hydrogen) atoms. The molecule has 1 unspecified atom stereocenters. The van der Waals surface area contributed by atoms with E-state index in [4.69, 9.17) is 15.0 Å². The van der Waals surface area contributed by atoms with Gasteiger partial charge >= 0.3 is 0 Å².